The lowest BCUT2D eigenvalue weighted by molar-refractivity contribution is 0.461. The third-order valence-electron chi connectivity index (χ3n) is 3.13. The summed E-state index contributed by atoms with van der Waals surface area (Å²) in [6, 6.07) is 0. The predicted octanol–water partition coefficient (Wildman–Crippen LogP) is 3.64. The van der Waals surface area contributed by atoms with Crippen molar-refractivity contribution in [1.29, 1.82) is 0 Å². The van der Waals surface area contributed by atoms with E-state index >= 15 is 0 Å². The summed E-state index contributed by atoms with van der Waals surface area (Å²) in [5.41, 5.74) is 2.97. The maximum atomic E-state index is 5.86. The Morgan fingerprint density at radius 3 is 2.65 bits per heavy atom. The molecule has 1 heterocycles. The van der Waals surface area contributed by atoms with Crippen LogP contribution in [-0.2, 0) is 0 Å². The smallest absolute Gasteiger partial charge is 0.182 e. The molecule has 1 aliphatic rings. The summed E-state index contributed by atoms with van der Waals surface area (Å²) in [6.07, 6.45) is 11.3. The van der Waals surface area contributed by atoms with E-state index in [0.29, 0.717) is 0 Å². The molecule has 1 aliphatic heterocycles. The SMILES string of the molecule is [B]N1CCC(=C/C(C)(C)/C=C\CC)/C(=C/C)C1. The summed E-state index contributed by atoms with van der Waals surface area (Å²) >= 11 is 0. The number of piperidine rings is 1. The first-order chi connectivity index (χ1) is 7.98. The lowest BCUT2D eigenvalue weighted by atomic mass is 9.85. The Morgan fingerprint density at radius 1 is 1.35 bits per heavy atom. The van der Waals surface area contributed by atoms with Crippen molar-refractivity contribution >= 4 is 7.98 Å². The van der Waals surface area contributed by atoms with Gasteiger partial charge in [-0.2, -0.15) is 0 Å². The van der Waals surface area contributed by atoms with Crippen molar-refractivity contribution in [2.45, 2.75) is 40.5 Å². The Morgan fingerprint density at radius 2 is 2.06 bits per heavy atom. The first-order valence-corrected chi connectivity index (χ1v) is 6.53. The molecule has 0 aromatic rings. The van der Waals surface area contributed by atoms with E-state index < -0.39 is 0 Å². The maximum Gasteiger partial charge on any atom is 0.182 e. The topological polar surface area (TPSA) is 3.24 Å². The van der Waals surface area contributed by atoms with E-state index in [9.17, 15) is 0 Å². The van der Waals surface area contributed by atoms with E-state index in [0.717, 1.165) is 25.9 Å². The molecule has 0 aliphatic carbocycles. The van der Waals surface area contributed by atoms with Gasteiger partial charge in [-0.1, -0.05) is 45.1 Å². The third-order valence-corrected chi connectivity index (χ3v) is 3.13. The summed E-state index contributed by atoms with van der Waals surface area (Å²) < 4.78 is 0. The Balaban J connectivity index is 2.86. The molecule has 1 fully saturated rings. The average molecular weight is 229 g/mol. The summed E-state index contributed by atoms with van der Waals surface area (Å²) in [4.78, 5) is 1.89. The van der Waals surface area contributed by atoms with Crippen molar-refractivity contribution in [1.82, 2.24) is 4.81 Å². The second-order valence-corrected chi connectivity index (χ2v) is 5.34. The van der Waals surface area contributed by atoms with Gasteiger partial charge in [-0.3, -0.25) is 0 Å². The van der Waals surface area contributed by atoms with E-state index in [1.165, 1.54) is 11.1 Å². The van der Waals surface area contributed by atoms with Crippen LogP contribution in [0.15, 0.2) is 35.5 Å². The van der Waals surface area contributed by atoms with E-state index in [4.69, 9.17) is 7.98 Å². The van der Waals surface area contributed by atoms with Gasteiger partial charge in [0.25, 0.3) is 0 Å². The minimum Gasteiger partial charge on any atom is -0.350 e. The van der Waals surface area contributed by atoms with Crippen molar-refractivity contribution in [3.8, 4) is 0 Å². The second-order valence-electron chi connectivity index (χ2n) is 5.34. The lowest BCUT2D eigenvalue weighted by Crippen LogP contribution is -2.30. The Bertz CT molecular complexity index is 337. The molecular weight excluding hydrogens is 205 g/mol. The van der Waals surface area contributed by atoms with Gasteiger partial charge in [0, 0.05) is 12.0 Å². The zero-order valence-electron chi connectivity index (χ0n) is 11.7. The van der Waals surface area contributed by atoms with Gasteiger partial charge in [-0.25, -0.2) is 0 Å². The monoisotopic (exact) mass is 229 g/mol. The quantitative estimate of drug-likeness (QED) is 0.527. The standard InChI is InChI=1S/C15H24BN/c1-5-7-9-15(3,4)11-14-8-10-17(16)12-13(14)6-2/h6-7,9,11H,5,8,10,12H2,1-4H3/b9-7-,13-6+,14-11-. The van der Waals surface area contributed by atoms with Crippen LogP contribution in [0.1, 0.15) is 40.5 Å². The molecule has 17 heavy (non-hydrogen) atoms. The van der Waals surface area contributed by atoms with Gasteiger partial charge in [-0.15, -0.1) is 0 Å². The lowest BCUT2D eigenvalue weighted by Gasteiger charge is -2.29. The van der Waals surface area contributed by atoms with Crippen LogP contribution in [0.3, 0.4) is 0 Å². The van der Waals surface area contributed by atoms with Crippen LogP contribution in [0.2, 0.25) is 0 Å². The number of hydrogen-bond acceptors (Lipinski definition) is 1. The maximum absolute atomic E-state index is 5.86. The van der Waals surface area contributed by atoms with Crippen LogP contribution in [0.5, 0.6) is 0 Å². The second kappa shape index (κ2) is 6.25. The molecule has 2 radical (unpaired) electrons. The van der Waals surface area contributed by atoms with Crippen LogP contribution in [0.4, 0.5) is 0 Å². The van der Waals surface area contributed by atoms with Crippen LogP contribution in [-0.4, -0.2) is 25.9 Å². The molecule has 0 N–H and O–H groups in total. The summed E-state index contributed by atoms with van der Waals surface area (Å²) in [7, 11) is 5.86. The molecule has 1 rings (SSSR count). The number of rotatable bonds is 3. The molecule has 0 bridgehead atoms. The molecule has 92 valence electrons. The van der Waals surface area contributed by atoms with Gasteiger partial charge < -0.3 is 4.81 Å². The van der Waals surface area contributed by atoms with E-state index in [1.54, 1.807) is 0 Å². The van der Waals surface area contributed by atoms with Crippen LogP contribution in [0.25, 0.3) is 0 Å². The molecule has 0 amide bonds. The molecular formula is C15H24BN. The van der Waals surface area contributed by atoms with E-state index in [-0.39, 0.29) is 5.41 Å². The third kappa shape index (κ3) is 4.55. The molecule has 1 saturated heterocycles. The van der Waals surface area contributed by atoms with Gasteiger partial charge in [0.2, 0.25) is 0 Å². The fraction of sp³-hybridized carbons (Fsp3) is 0.600. The van der Waals surface area contributed by atoms with Gasteiger partial charge in [-0.05, 0) is 37.5 Å². The van der Waals surface area contributed by atoms with Crippen molar-refractivity contribution in [3.63, 3.8) is 0 Å². The fourth-order valence-electron chi connectivity index (χ4n) is 2.18. The number of hydrogen-bond donors (Lipinski definition) is 0. The van der Waals surface area contributed by atoms with E-state index in [1.807, 2.05) is 4.81 Å². The van der Waals surface area contributed by atoms with Gasteiger partial charge >= 0.3 is 0 Å². The van der Waals surface area contributed by atoms with Crippen molar-refractivity contribution < 1.29 is 0 Å². The molecule has 0 unspecified atom stereocenters. The molecule has 0 spiro atoms. The first kappa shape index (κ1) is 14.3. The van der Waals surface area contributed by atoms with Crippen molar-refractivity contribution in [3.05, 3.63) is 35.5 Å². The number of allylic oxidation sites excluding steroid dienone is 4. The zero-order valence-corrected chi connectivity index (χ0v) is 11.7. The minimum absolute atomic E-state index is 0.135. The number of nitrogens with zero attached hydrogens (tertiary/aromatic N) is 1. The predicted molar refractivity (Wildman–Crippen MR) is 77.0 cm³/mol. The van der Waals surface area contributed by atoms with Gasteiger partial charge in [0.1, 0.15) is 0 Å². The Hall–Kier alpha value is -0.755. The Labute approximate surface area is 108 Å². The molecule has 0 aromatic carbocycles. The highest BCUT2D eigenvalue weighted by molar-refractivity contribution is 6.04. The minimum atomic E-state index is 0.135. The highest BCUT2D eigenvalue weighted by atomic mass is 15.0. The van der Waals surface area contributed by atoms with Gasteiger partial charge in [0.05, 0.1) is 0 Å². The van der Waals surface area contributed by atoms with Gasteiger partial charge in [0.15, 0.2) is 7.98 Å². The van der Waals surface area contributed by atoms with E-state index in [2.05, 4.69) is 52.0 Å². The highest BCUT2D eigenvalue weighted by Crippen LogP contribution is 2.28. The fourth-order valence-corrected chi connectivity index (χ4v) is 2.18. The summed E-state index contributed by atoms with van der Waals surface area (Å²) in [6.45, 7) is 10.6. The van der Waals surface area contributed by atoms with Crippen molar-refractivity contribution in [2.75, 3.05) is 13.1 Å². The molecule has 1 nitrogen and oxygen atoms in total. The molecule has 2 heteroatoms. The molecule has 0 atom stereocenters. The summed E-state index contributed by atoms with van der Waals surface area (Å²) in [5, 5.41) is 0. The first-order valence-electron chi connectivity index (χ1n) is 6.53. The molecule has 0 saturated carbocycles. The Kier molecular flexibility index (Phi) is 5.26. The van der Waals surface area contributed by atoms with Crippen LogP contribution < -0.4 is 0 Å². The normalized spacial score (nSPS) is 24.0. The zero-order chi connectivity index (χ0) is 12.9. The van der Waals surface area contributed by atoms with Crippen LogP contribution >= 0.6 is 0 Å². The highest BCUT2D eigenvalue weighted by Gasteiger charge is 2.18. The largest absolute Gasteiger partial charge is 0.350 e. The summed E-state index contributed by atoms with van der Waals surface area (Å²) in [5.74, 6) is 0. The van der Waals surface area contributed by atoms with Crippen LogP contribution in [0, 0.1) is 5.41 Å². The van der Waals surface area contributed by atoms with Crippen molar-refractivity contribution in [2.24, 2.45) is 5.41 Å². The molecule has 0 aromatic heterocycles. The average Bonchev–Trinajstić information content (AvgIpc) is 2.28.